The number of likely N-dealkylation sites (tertiary alicyclic amines) is 1. The summed E-state index contributed by atoms with van der Waals surface area (Å²) in [5.74, 6) is 0.411. The van der Waals surface area contributed by atoms with Crippen LogP contribution in [0.3, 0.4) is 0 Å². The lowest BCUT2D eigenvalue weighted by atomic mass is 10.1. The predicted octanol–water partition coefficient (Wildman–Crippen LogP) is 4.40. The van der Waals surface area contributed by atoms with Gasteiger partial charge in [0, 0.05) is 23.5 Å². The topological polar surface area (TPSA) is 71.5 Å². The van der Waals surface area contributed by atoms with Crippen molar-refractivity contribution in [3.05, 3.63) is 81.3 Å². The largest absolute Gasteiger partial charge is 0.486 e. The van der Waals surface area contributed by atoms with Gasteiger partial charge in [-0.1, -0.05) is 41.9 Å². The molecule has 3 aromatic rings. The van der Waals surface area contributed by atoms with Crippen LogP contribution in [0.1, 0.15) is 35.1 Å². The van der Waals surface area contributed by atoms with Gasteiger partial charge in [-0.2, -0.15) is 0 Å². The fraction of sp³-hybridized carbons (Fsp3) is 0.292. The lowest BCUT2D eigenvalue weighted by Crippen LogP contribution is -2.42. The summed E-state index contributed by atoms with van der Waals surface area (Å²) < 4.78 is 5.71. The highest BCUT2D eigenvalue weighted by molar-refractivity contribution is 7.09. The zero-order valence-electron chi connectivity index (χ0n) is 17.5. The summed E-state index contributed by atoms with van der Waals surface area (Å²) in [7, 11) is 0. The average molecular weight is 470 g/mol. The number of nitrogens with zero attached hydrogens (tertiary/aromatic N) is 2. The fourth-order valence-electron chi connectivity index (χ4n) is 3.60. The second-order valence-corrected chi connectivity index (χ2v) is 8.97. The monoisotopic (exact) mass is 469 g/mol. The molecule has 2 aromatic carbocycles. The number of hydrogen-bond donors (Lipinski definition) is 1. The number of amides is 2. The van der Waals surface area contributed by atoms with Crippen LogP contribution in [0.5, 0.6) is 5.75 Å². The van der Waals surface area contributed by atoms with Gasteiger partial charge < -0.3 is 15.0 Å². The van der Waals surface area contributed by atoms with Gasteiger partial charge in [-0.05, 0) is 42.7 Å². The van der Waals surface area contributed by atoms with Gasteiger partial charge in [0.25, 0.3) is 0 Å². The smallest absolute Gasteiger partial charge is 0.249 e. The molecule has 0 saturated carbocycles. The SMILES string of the molecule is O=C(Cc1csc(COc2ccc(Cl)cc2)n1)N[C@H](C(=O)N1CCCC1)c1ccccc1. The van der Waals surface area contributed by atoms with Gasteiger partial charge >= 0.3 is 0 Å². The molecular formula is C24H24ClN3O3S. The summed E-state index contributed by atoms with van der Waals surface area (Å²) >= 11 is 7.32. The number of thiazole rings is 1. The van der Waals surface area contributed by atoms with Crippen LogP contribution in [0, 0.1) is 0 Å². The molecule has 1 atom stereocenters. The Balaban J connectivity index is 1.36. The maximum atomic E-state index is 13.1. The Labute approximate surface area is 196 Å². The second-order valence-electron chi connectivity index (χ2n) is 7.60. The third-order valence-electron chi connectivity index (χ3n) is 5.22. The van der Waals surface area contributed by atoms with Crippen molar-refractivity contribution in [2.45, 2.75) is 31.9 Å². The van der Waals surface area contributed by atoms with Crippen molar-refractivity contribution in [2.75, 3.05) is 13.1 Å². The van der Waals surface area contributed by atoms with Crippen LogP contribution in [0.2, 0.25) is 5.02 Å². The molecule has 0 aliphatic carbocycles. The van der Waals surface area contributed by atoms with Crippen molar-refractivity contribution in [3.8, 4) is 5.75 Å². The zero-order valence-corrected chi connectivity index (χ0v) is 19.1. The van der Waals surface area contributed by atoms with Crippen LogP contribution in [-0.2, 0) is 22.6 Å². The van der Waals surface area contributed by atoms with E-state index in [1.807, 2.05) is 40.6 Å². The Morgan fingerprint density at radius 3 is 2.53 bits per heavy atom. The summed E-state index contributed by atoms with van der Waals surface area (Å²) in [6.07, 6.45) is 2.11. The molecule has 1 aliphatic rings. The molecule has 1 fully saturated rings. The molecule has 2 amide bonds. The minimum atomic E-state index is -0.687. The highest BCUT2D eigenvalue weighted by atomic mass is 35.5. The number of aromatic nitrogens is 1. The number of halogens is 1. The molecular weight excluding hydrogens is 446 g/mol. The summed E-state index contributed by atoms with van der Waals surface area (Å²) in [5.41, 5.74) is 1.44. The molecule has 1 aromatic heterocycles. The van der Waals surface area contributed by atoms with Crippen molar-refractivity contribution in [1.82, 2.24) is 15.2 Å². The van der Waals surface area contributed by atoms with Crippen LogP contribution in [0.4, 0.5) is 0 Å². The van der Waals surface area contributed by atoms with Gasteiger partial charge in [0.15, 0.2) is 0 Å². The zero-order chi connectivity index (χ0) is 22.3. The number of benzene rings is 2. The van der Waals surface area contributed by atoms with Gasteiger partial charge in [-0.25, -0.2) is 4.98 Å². The number of ether oxygens (including phenoxy) is 1. The molecule has 2 heterocycles. The van der Waals surface area contributed by atoms with Crippen molar-refractivity contribution >= 4 is 34.8 Å². The summed E-state index contributed by atoms with van der Waals surface area (Å²) in [4.78, 5) is 32.1. The first kappa shape index (κ1) is 22.3. The van der Waals surface area contributed by atoms with E-state index in [4.69, 9.17) is 16.3 Å². The van der Waals surface area contributed by atoms with E-state index in [9.17, 15) is 9.59 Å². The Hall–Kier alpha value is -2.90. The molecule has 0 radical (unpaired) electrons. The third-order valence-corrected chi connectivity index (χ3v) is 6.34. The van der Waals surface area contributed by atoms with Gasteiger partial charge in [0.1, 0.15) is 23.4 Å². The van der Waals surface area contributed by atoms with E-state index in [1.165, 1.54) is 11.3 Å². The molecule has 166 valence electrons. The molecule has 8 heteroatoms. The third kappa shape index (κ3) is 5.87. The number of nitrogens with one attached hydrogen (secondary N) is 1. The summed E-state index contributed by atoms with van der Waals surface area (Å²) in [6.45, 7) is 1.79. The van der Waals surface area contributed by atoms with Crippen molar-refractivity contribution in [2.24, 2.45) is 0 Å². The molecule has 0 bridgehead atoms. The van der Waals surface area contributed by atoms with E-state index in [-0.39, 0.29) is 18.2 Å². The van der Waals surface area contributed by atoms with Gasteiger partial charge in [-0.3, -0.25) is 9.59 Å². The maximum Gasteiger partial charge on any atom is 0.249 e. The van der Waals surface area contributed by atoms with E-state index in [0.29, 0.717) is 23.1 Å². The highest BCUT2D eigenvalue weighted by Crippen LogP contribution is 2.21. The fourth-order valence-corrected chi connectivity index (χ4v) is 4.43. The standard InChI is InChI=1S/C24H24ClN3O3S/c25-18-8-10-20(11-9-18)31-15-22-26-19(16-32-22)14-21(29)27-23(17-6-2-1-3-7-17)24(30)28-12-4-5-13-28/h1-3,6-11,16,23H,4-5,12-15H2,(H,27,29)/t23-/m0/s1. The van der Waals surface area contributed by atoms with Crippen LogP contribution in [0.25, 0.3) is 0 Å². The van der Waals surface area contributed by atoms with Crippen LogP contribution >= 0.6 is 22.9 Å². The van der Waals surface area contributed by atoms with E-state index < -0.39 is 6.04 Å². The molecule has 32 heavy (non-hydrogen) atoms. The first-order chi connectivity index (χ1) is 15.6. The number of hydrogen-bond acceptors (Lipinski definition) is 5. The van der Waals surface area contributed by atoms with Crippen molar-refractivity contribution < 1.29 is 14.3 Å². The van der Waals surface area contributed by atoms with E-state index in [2.05, 4.69) is 10.3 Å². The first-order valence-electron chi connectivity index (χ1n) is 10.5. The van der Waals surface area contributed by atoms with Crippen molar-refractivity contribution in [3.63, 3.8) is 0 Å². The van der Waals surface area contributed by atoms with Crippen LogP contribution < -0.4 is 10.1 Å². The van der Waals surface area contributed by atoms with E-state index >= 15 is 0 Å². The summed E-state index contributed by atoms with van der Waals surface area (Å²) in [5, 5.41) is 6.19. The van der Waals surface area contributed by atoms with Crippen LogP contribution in [0.15, 0.2) is 60.0 Å². The molecule has 6 nitrogen and oxygen atoms in total. The number of carbonyl (C=O) groups is 2. The minimum Gasteiger partial charge on any atom is -0.486 e. The lowest BCUT2D eigenvalue weighted by Gasteiger charge is -2.24. The van der Waals surface area contributed by atoms with Gasteiger partial charge in [0.05, 0.1) is 12.1 Å². The second kappa shape index (κ2) is 10.6. The average Bonchev–Trinajstić information content (AvgIpc) is 3.50. The van der Waals surface area contributed by atoms with Gasteiger partial charge in [0.2, 0.25) is 11.8 Å². The number of carbonyl (C=O) groups excluding carboxylic acids is 2. The first-order valence-corrected chi connectivity index (χ1v) is 11.8. The van der Waals surface area contributed by atoms with Gasteiger partial charge in [-0.15, -0.1) is 11.3 Å². The Morgan fingerprint density at radius 1 is 1.09 bits per heavy atom. The molecule has 1 aliphatic heterocycles. The molecule has 4 rings (SSSR count). The molecule has 1 N–H and O–H groups in total. The predicted molar refractivity (Wildman–Crippen MR) is 125 cm³/mol. The maximum absolute atomic E-state index is 13.1. The lowest BCUT2D eigenvalue weighted by molar-refractivity contribution is -0.135. The summed E-state index contributed by atoms with van der Waals surface area (Å²) in [6, 6.07) is 15.8. The molecule has 1 saturated heterocycles. The minimum absolute atomic E-state index is 0.0580. The normalized spacial score (nSPS) is 14.2. The Kier molecular flexibility index (Phi) is 7.39. The van der Waals surface area contributed by atoms with Crippen molar-refractivity contribution in [1.29, 1.82) is 0 Å². The van der Waals surface area contributed by atoms with Crippen LogP contribution in [-0.4, -0.2) is 34.8 Å². The van der Waals surface area contributed by atoms with E-state index in [0.717, 1.165) is 36.5 Å². The Bertz CT molecular complexity index is 1050. The molecule has 0 spiro atoms. The quantitative estimate of drug-likeness (QED) is 0.530. The molecule has 0 unspecified atom stereocenters. The van der Waals surface area contributed by atoms with E-state index in [1.54, 1.807) is 24.3 Å². The Morgan fingerprint density at radius 2 is 1.81 bits per heavy atom. The highest BCUT2D eigenvalue weighted by Gasteiger charge is 2.29. The number of rotatable bonds is 8.